The van der Waals surface area contributed by atoms with E-state index < -0.39 is 17.6 Å². The van der Waals surface area contributed by atoms with Gasteiger partial charge < -0.3 is 14.6 Å². The lowest BCUT2D eigenvalue weighted by Crippen LogP contribution is -2.31. The van der Waals surface area contributed by atoms with Gasteiger partial charge >= 0.3 is 6.18 Å². The van der Waals surface area contributed by atoms with E-state index in [-0.39, 0.29) is 17.6 Å². The Hall–Kier alpha value is -3.24. The summed E-state index contributed by atoms with van der Waals surface area (Å²) in [6, 6.07) is 11.3. The molecule has 0 unspecified atom stereocenters. The molecule has 10 heteroatoms. The summed E-state index contributed by atoms with van der Waals surface area (Å²) in [4.78, 5) is 29.4. The number of nitrogens with one attached hydrogen (secondary N) is 1. The second-order valence-corrected chi connectivity index (χ2v) is 8.73. The van der Waals surface area contributed by atoms with E-state index in [1.165, 1.54) is 23.5 Å². The van der Waals surface area contributed by atoms with E-state index in [0.717, 1.165) is 37.1 Å². The smallest absolute Gasteiger partial charge is 0.376 e. The van der Waals surface area contributed by atoms with Gasteiger partial charge in [-0.15, -0.1) is 11.3 Å². The molecule has 2 amide bonds. The van der Waals surface area contributed by atoms with Gasteiger partial charge in [0, 0.05) is 42.4 Å². The highest BCUT2D eigenvalue weighted by Crippen LogP contribution is 2.29. The third-order valence-corrected chi connectivity index (χ3v) is 6.14. The van der Waals surface area contributed by atoms with Crippen molar-refractivity contribution in [3.8, 4) is 0 Å². The summed E-state index contributed by atoms with van der Waals surface area (Å²) >= 11 is 1.19. The first-order valence-electron chi connectivity index (χ1n) is 10.7. The van der Waals surface area contributed by atoms with Crippen molar-refractivity contribution >= 4 is 23.2 Å². The molecule has 1 saturated heterocycles. The summed E-state index contributed by atoms with van der Waals surface area (Å²) in [6.07, 6.45) is -0.835. The highest BCUT2D eigenvalue weighted by molar-refractivity contribution is 7.07. The summed E-state index contributed by atoms with van der Waals surface area (Å²) in [5.74, 6) is -0.957. The fourth-order valence-electron chi connectivity index (χ4n) is 3.61. The zero-order chi connectivity index (χ0) is 24.1. The maximum atomic E-state index is 13.0. The van der Waals surface area contributed by atoms with Crippen molar-refractivity contribution in [1.82, 2.24) is 9.88 Å². The molecule has 0 spiro atoms. The van der Waals surface area contributed by atoms with Gasteiger partial charge in [0.05, 0.1) is 11.7 Å². The first-order valence-corrected chi connectivity index (χ1v) is 11.6. The minimum atomic E-state index is -4.54. The van der Waals surface area contributed by atoms with Crippen molar-refractivity contribution in [3.63, 3.8) is 0 Å². The largest absolute Gasteiger partial charge is 0.416 e. The number of benzene rings is 2. The Bertz CT molecular complexity index is 1240. The molecule has 1 aliphatic heterocycles. The van der Waals surface area contributed by atoms with Crippen molar-refractivity contribution in [2.75, 3.05) is 13.2 Å². The third kappa shape index (κ3) is 6.00. The number of carbonyl (C=O) groups is 2. The number of amides is 2. The van der Waals surface area contributed by atoms with Gasteiger partial charge in [-0.1, -0.05) is 18.2 Å². The number of carbonyl (C=O) groups excluding carboxylic acids is 2. The topological polar surface area (TPSA) is 72.7 Å². The predicted octanol–water partition coefficient (Wildman–Crippen LogP) is 4.27. The van der Waals surface area contributed by atoms with Crippen LogP contribution in [0.1, 0.15) is 44.7 Å². The van der Waals surface area contributed by atoms with Gasteiger partial charge in [0.25, 0.3) is 11.8 Å². The molecule has 6 nitrogen and oxygen atoms in total. The van der Waals surface area contributed by atoms with Crippen molar-refractivity contribution in [2.45, 2.75) is 31.7 Å². The lowest BCUT2D eigenvalue weighted by Gasteiger charge is -2.11. The zero-order valence-electron chi connectivity index (χ0n) is 18.0. The molecule has 0 radical (unpaired) electrons. The SMILES string of the molecule is O=C(N=c1sccn1Cc1cccc(C(=O)NC[C@H]2CCCO2)c1)c1cccc(C(F)(F)F)c1. The Labute approximate surface area is 197 Å². The van der Waals surface area contributed by atoms with Crippen LogP contribution in [0.2, 0.25) is 0 Å². The molecule has 1 aromatic heterocycles. The summed E-state index contributed by atoms with van der Waals surface area (Å²) in [5, 5.41) is 4.62. The van der Waals surface area contributed by atoms with Crippen molar-refractivity contribution in [2.24, 2.45) is 4.99 Å². The van der Waals surface area contributed by atoms with E-state index in [1.54, 1.807) is 34.3 Å². The molecule has 0 aliphatic carbocycles. The highest BCUT2D eigenvalue weighted by atomic mass is 32.1. The first-order chi connectivity index (χ1) is 16.3. The molecule has 1 fully saturated rings. The summed E-state index contributed by atoms with van der Waals surface area (Å²) in [5.41, 5.74) is 0.280. The second-order valence-electron chi connectivity index (χ2n) is 7.85. The van der Waals surface area contributed by atoms with Gasteiger partial charge in [-0.3, -0.25) is 9.59 Å². The van der Waals surface area contributed by atoms with E-state index in [2.05, 4.69) is 10.3 Å². The number of thiazole rings is 1. The average Bonchev–Trinajstić information content (AvgIpc) is 3.49. The predicted molar refractivity (Wildman–Crippen MR) is 120 cm³/mol. The van der Waals surface area contributed by atoms with Crippen LogP contribution in [-0.4, -0.2) is 35.6 Å². The Morgan fingerprint density at radius 3 is 2.71 bits per heavy atom. The molecule has 1 aliphatic rings. The number of halogens is 3. The van der Waals surface area contributed by atoms with Crippen molar-refractivity contribution in [1.29, 1.82) is 0 Å². The molecule has 34 heavy (non-hydrogen) atoms. The molecule has 1 N–H and O–H groups in total. The maximum absolute atomic E-state index is 13.0. The van der Waals surface area contributed by atoms with E-state index in [0.29, 0.717) is 23.5 Å². The molecular formula is C24H22F3N3O3S. The van der Waals surface area contributed by atoms with Crippen LogP contribution in [0.3, 0.4) is 0 Å². The Morgan fingerprint density at radius 1 is 1.15 bits per heavy atom. The van der Waals surface area contributed by atoms with Crippen LogP contribution in [0, 0.1) is 0 Å². The van der Waals surface area contributed by atoms with E-state index in [1.807, 2.05) is 6.07 Å². The highest BCUT2D eigenvalue weighted by Gasteiger charge is 2.30. The monoisotopic (exact) mass is 489 g/mol. The number of aromatic nitrogens is 1. The Kier molecular flexibility index (Phi) is 7.28. The summed E-state index contributed by atoms with van der Waals surface area (Å²) in [7, 11) is 0. The van der Waals surface area contributed by atoms with Gasteiger partial charge in [0.15, 0.2) is 4.80 Å². The lowest BCUT2D eigenvalue weighted by atomic mass is 10.1. The number of nitrogens with zero attached hydrogens (tertiary/aromatic N) is 2. The molecule has 3 aromatic rings. The number of hydrogen-bond acceptors (Lipinski definition) is 4. The van der Waals surface area contributed by atoms with Gasteiger partial charge in [0.2, 0.25) is 0 Å². The van der Waals surface area contributed by atoms with Crippen LogP contribution in [0.4, 0.5) is 13.2 Å². The third-order valence-electron chi connectivity index (χ3n) is 5.35. The molecule has 2 aromatic carbocycles. The zero-order valence-corrected chi connectivity index (χ0v) is 18.9. The van der Waals surface area contributed by atoms with Crippen LogP contribution in [0.25, 0.3) is 0 Å². The molecule has 0 saturated carbocycles. The molecule has 1 atom stereocenters. The standard InChI is InChI=1S/C24H22F3N3O3S/c25-24(26,27)19-7-2-6-18(13-19)22(32)29-23-30(9-11-34-23)15-16-4-1-5-17(12-16)21(31)28-14-20-8-3-10-33-20/h1-2,4-7,9,11-13,20H,3,8,10,14-15H2,(H,28,31)/t20-/m1/s1. The lowest BCUT2D eigenvalue weighted by molar-refractivity contribution is -0.137. The Balaban J connectivity index is 1.48. The first kappa shape index (κ1) is 23.9. The second kappa shape index (κ2) is 10.4. The van der Waals surface area contributed by atoms with Crippen molar-refractivity contribution < 1.29 is 27.5 Å². The number of rotatable bonds is 6. The fraction of sp³-hybridized carbons (Fsp3) is 0.292. The Morgan fingerprint density at radius 2 is 1.94 bits per heavy atom. The minimum Gasteiger partial charge on any atom is -0.376 e. The van der Waals surface area contributed by atoms with Crippen LogP contribution >= 0.6 is 11.3 Å². The van der Waals surface area contributed by atoms with Gasteiger partial charge in [0.1, 0.15) is 0 Å². The maximum Gasteiger partial charge on any atom is 0.416 e. The van der Waals surface area contributed by atoms with E-state index >= 15 is 0 Å². The quantitative estimate of drug-likeness (QED) is 0.562. The number of ether oxygens (including phenoxy) is 1. The molecular weight excluding hydrogens is 467 g/mol. The molecule has 2 heterocycles. The molecule has 0 bridgehead atoms. The van der Waals surface area contributed by atoms with Crippen molar-refractivity contribution in [3.05, 3.63) is 87.2 Å². The van der Waals surface area contributed by atoms with Crippen LogP contribution < -0.4 is 10.1 Å². The van der Waals surface area contributed by atoms with Crippen LogP contribution in [0.5, 0.6) is 0 Å². The summed E-state index contributed by atoms with van der Waals surface area (Å²) < 4.78 is 46.1. The van der Waals surface area contributed by atoms with Gasteiger partial charge in [-0.2, -0.15) is 18.2 Å². The van der Waals surface area contributed by atoms with Crippen LogP contribution in [-0.2, 0) is 17.5 Å². The molecule has 178 valence electrons. The van der Waals surface area contributed by atoms with E-state index in [4.69, 9.17) is 4.74 Å². The van der Waals surface area contributed by atoms with Gasteiger partial charge in [-0.25, -0.2) is 0 Å². The van der Waals surface area contributed by atoms with E-state index in [9.17, 15) is 22.8 Å². The van der Waals surface area contributed by atoms with Gasteiger partial charge in [-0.05, 0) is 48.7 Å². The average molecular weight is 490 g/mol. The fourth-order valence-corrected chi connectivity index (χ4v) is 4.33. The molecule has 4 rings (SSSR count). The normalized spacial score (nSPS) is 16.6. The number of alkyl halides is 3. The summed E-state index contributed by atoms with van der Waals surface area (Å²) in [6.45, 7) is 1.52. The minimum absolute atomic E-state index is 0.0482. The van der Waals surface area contributed by atoms with Crippen LogP contribution in [0.15, 0.2) is 65.1 Å². The number of hydrogen-bond donors (Lipinski definition) is 1.